The van der Waals surface area contributed by atoms with Gasteiger partial charge in [-0.25, -0.2) is 0 Å². The molecule has 4 heteroatoms. The summed E-state index contributed by atoms with van der Waals surface area (Å²) in [5.74, 6) is 1.31. The minimum Gasteiger partial charge on any atom is -0.493 e. The summed E-state index contributed by atoms with van der Waals surface area (Å²) in [5.41, 5.74) is 0.579. The highest BCUT2D eigenvalue weighted by Crippen LogP contribution is 2.35. The van der Waals surface area contributed by atoms with E-state index in [-0.39, 0.29) is 6.10 Å². The van der Waals surface area contributed by atoms with E-state index in [0.717, 1.165) is 23.6 Å². The second kappa shape index (κ2) is 4.87. The summed E-state index contributed by atoms with van der Waals surface area (Å²) in [6.45, 7) is 0. The number of methoxy groups -OCH3 is 1. The van der Waals surface area contributed by atoms with Gasteiger partial charge in [0.05, 0.1) is 13.2 Å². The molecule has 1 aliphatic carbocycles. The van der Waals surface area contributed by atoms with E-state index in [2.05, 4.69) is 15.9 Å². The summed E-state index contributed by atoms with van der Waals surface area (Å²) in [6.07, 6.45) is 4.45. The first kappa shape index (κ1) is 11.5. The molecule has 0 N–H and O–H groups in total. The number of ether oxygens (including phenoxy) is 2. The number of benzene rings is 1. The number of hydrogen-bond donors (Lipinski definition) is 0. The lowest BCUT2D eigenvalue weighted by molar-refractivity contribution is 0.110. The molecule has 0 aromatic heterocycles. The van der Waals surface area contributed by atoms with Gasteiger partial charge in [0.25, 0.3) is 0 Å². The normalized spacial score (nSPS) is 15.4. The zero-order chi connectivity index (χ0) is 11.5. The van der Waals surface area contributed by atoms with Crippen LogP contribution in [0.2, 0.25) is 0 Å². The van der Waals surface area contributed by atoms with Crippen molar-refractivity contribution in [3.63, 3.8) is 0 Å². The molecule has 2 rings (SSSR count). The Hall–Kier alpha value is -1.03. The fraction of sp³-hybridized carbons (Fsp3) is 0.417. The fourth-order valence-corrected chi connectivity index (χ4v) is 1.98. The van der Waals surface area contributed by atoms with Crippen LogP contribution in [0.25, 0.3) is 0 Å². The van der Waals surface area contributed by atoms with Crippen molar-refractivity contribution in [2.24, 2.45) is 0 Å². The smallest absolute Gasteiger partial charge is 0.162 e. The summed E-state index contributed by atoms with van der Waals surface area (Å²) < 4.78 is 11.7. The van der Waals surface area contributed by atoms with Crippen LogP contribution in [-0.4, -0.2) is 19.5 Å². The molecule has 0 aliphatic heterocycles. The van der Waals surface area contributed by atoms with Crippen molar-refractivity contribution >= 4 is 22.2 Å². The molecule has 0 amide bonds. The van der Waals surface area contributed by atoms with Gasteiger partial charge in [-0.1, -0.05) is 0 Å². The van der Waals surface area contributed by atoms with E-state index >= 15 is 0 Å². The minimum atomic E-state index is 0.273. The first-order chi connectivity index (χ1) is 7.74. The average Bonchev–Trinajstić information content (AvgIpc) is 2.24. The molecule has 3 nitrogen and oxygen atoms in total. The van der Waals surface area contributed by atoms with E-state index in [0.29, 0.717) is 17.1 Å². The lowest BCUT2D eigenvalue weighted by atomic mass is 9.96. The standard InChI is InChI=1S/C12H13BrO3/c1-15-11-6-10(13)8(7-14)5-12(11)16-9-3-2-4-9/h5-7,9H,2-4H2,1H3. The Balaban J connectivity index is 2.28. The Bertz CT molecular complexity index is 399. The molecule has 1 saturated carbocycles. The Kier molecular flexibility index (Phi) is 3.49. The maximum atomic E-state index is 10.8. The van der Waals surface area contributed by atoms with Gasteiger partial charge in [0.15, 0.2) is 17.8 Å². The van der Waals surface area contributed by atoms with E-state index in [1.807, 2.05) is 0 Å². The zero-order valence-electron chi connectivity index (χ0n) is 9.03. The van der Waals surface area contributed by atoms with Crippen LogP contribution in [0.1, 0.15) is 29.6 Å². The van der Waals surface area contributed by atoms with Gasteiger partial charge >= 0.3 is 0 Å². The van der Waals surface area contributed by atoms with Crippen LogP contribution in [-0.2, 0) is 0 Å². The van der Waals surface area contributed by atoms with Crippen LogP contribution in [0.4, 0.5) is 0 Å². The summed E-state index contributed by atoms with van der Waals surface area (Å²) in [5, 5.41) is 0. The van der Waals surface area contributed by atoms with Gasteiger partial charge in [0.1, 0.15) is 0 Å². The highest BCUT2D eigenvalue weighted by atomic mass is 79.9. The third-order valence-corrected chi connectivity index (χ3v) is 3.44. The summed E-state index contributed by atoms with van der Waals surface area (Å²) in [7, 11) is 1.59. The van der Waals surface area contributed by atoms with Crippen molar-refractivity contribution in [2.75, 3.05) is 7.11 Å². The van der Waals surface area contributed by atoms with Crippen LogP contribution in [0.15, 0.2) is 16.6 Å². The monoisotopic (exact) mass is 284 g/mol. The number of hydrogen-bond acceptors (Lipinski definition) is 3. The summed E-state index contributed by atoms with van der Waals surface area (Å²) in [6, 6.07) is 3.48. The van der Waals surface area contributed by atoms with Crippen molar-refractivity contribution in [2.45, 2.75) is 25.4 Å². The first-order valence-electron chi connectivity index (χ1n) is 5.24. The Morgan fingerprint density at radius 1 is 1.38 bits per heavy atom. The van der Waals surface area contributed by atoms with Crippen molar-refractivity contribution in [1.29, 1.82) is 0 Å². The summed E-state index contributed by atoms with van der Waals surface area (Å²) >= 11 is 3.31. The number of carbonyl (C=O) groups excluding carboxylic acids is 1. The van der Waals surface area contributed by atoms with Crippen molar-refractivity contribution in [3.05, 3.63) is 22.2 Å². The van der Waals surface area contributed by atoms with Gasteiger partial charge in [-0.05, 0) is 47.3 Å². The lowest BCUT2D eigenvalue weighted by Crippen LogP contribution is -2.24. The second-order valence-electron chi connectivity index (χ2n) is 3.81. The molecule has 86 valence electrons. The van der Waals surface area contributed by atoms with E-state index in [1.165, 1.54) is 6.42 Å². The van der Waals surface area contributed by atoms with Gasteiger partial charge in [0.2, 0.25) is 0 Å². The Labute approximate surface area is 103 Å². The molecule has 1 aromatic carbocycles. The maximum absolute atomic E-state index is 10.8. The van der Waals surface area contributed by atoms with Crippen LogP contribution in [0.5, 0.6) is 11.5 Å². The molecule has 16 heavy (non-hydrogen) atoms. The lowest BCUT2D eigenvalue weighted by Gasteiger charge is -2.27. The average molecular weight is 285 g/mol. The maximum Gasteiger partial charge on any atom is 0.162 e. The SMILES string of the molecule is COc1cc(Br)c(C=O)cc1OC1CCC1. The molecule has 0 saturated heterocycles. The van der Waals surface area contributed by atoms with Gasteiger partial charge in [0, 0.05) is 10.0 Å². The highest BCUT2D eigenvalue weighted by Gasteiger charge is 2.21. The largest absolute Gasteiger partial charge is 0.493 e. The van der Waals surface area contributed by atoms with Crippen molar-refractivity contribution < 1.29 is 14.3 Å². The molecule has 1 fully saturated rings. The topological polar surface area (TPSA) is 35.5 Å². The summed E-state index contributed by atoms with van der Waals surface area (Å²) in [4.78, 5) is 10.8. The minimum absolute atomic E-state index is 0.273. The molecule has 0 radical (unpaired) electrons. The molecule has 0 unspecified atom stereocenters. The van der Waals surface area contributed by atoms with Gasteiger partial charge in [-0.3, -0.25) is 4.79 Å². The number of carbonyl (C=O) groups is 1. The Morgan fingerprint density at radius 2 is 2.12 bits per heavy atom. The molecule has 0 heterocycles. The molecular weight excluding hydrogens is 272 g/mol. The third kappa shape index (κ3) is 2.21. The van der Waals surface area contributed by atoms with E-state index in [9.17, 15) is 4.79 Å². The predicted octanol–water partition coefficient (Wildman–Crippen LogP) is 3.20. The molecule has 0 atom stereocenters. The van der Waals surface area contributed by atoms with Gasteiger partial charge < -0.3 is 9.47 Å². The number of aldehydes is 1. The van der Waals surface area contributed by atoms with Crippen LogP contribution in [0, 0.1) is 0 Å². The Morgan fingerprint density at radius 3 is 2.62 bits per heavy atom. The first-order valence-corrected chi connectivity index (χ1v) is 6.03. The molecule has 1 aromatic rings. The fourth-order valence-electron chi connectivity index (χ4n) is 1.56. The highest BCUT2D eigenvalue weighted by molar-refractivity contribution is 9.10. The molecule has 0 bridgehead atoms. The van der Waals surface area contributed by atoms with Crippen LogP contribution < -0.4 is 9.47 Å². The van der Waals surface area contributed by atoms with Crippen LogP contribution in [0.3, 0.4) is 0 Å². The quantitative estimate of drug-likeness (QED) is 0.797. The van der Waals surface area contributed by atoms with Gasteiger partial charge in [-0.15, -0.1) is 0 Å². The molecular formula is C12H13BrO3. The van der Waals surface area contributed by atoms with E-state index in [4.69, 9.17) is 9.47 Å². The predicted molar refractivity (Wildman–Crippen MR) is 64.3 cm³/mol. The van der Waals surface area contributed by atoms with Crippen molar-refractivity contribution in [1.82, 2.24) is 0 Å². The molecule has 1 aliphatic rings. The van der Waals surface area contributed by atoms with Gasteiger partial charge in [-0.2, -0.15) is 0 Å². The third-order valence-electron chi connectivity index (χ3n) is 2.76. The van der Waals surface area contributed by atoms with Crippen LogP contribution >= 0.6 is 15.9 Å². The molecule has 0 spiro atoms. The number of rotatable bonds is 4. The van der Waals surface area contributed by atoms with E-state index < -0.39 is 0 Å². The van der Waals surface area contributed by atoms with E-state index in [1.54, 1.807) is 19.2 Å². The zero-order valence-corrected chi connectivity index (χ0v) is 10.6. The second-order valence-corrected chi connectivity index (χ2v) is 4.67. The number of halogens is 1. The van der Waals surface area contributed by atoms with Crippen molar-refractivity contribution in [3.8, 4) is 11.5 Å².